The lowest BCUT2D eigenvalue weighted by molar-refractivity contribution is 0.275. The lowest BCUT2D eigenvalue weighted by atomic mass is 10.1. The van der Waals surface area contributed by atoms with Gasteiger partial charge in [0.2, 0.25) is 0 Å². The van der Waals surface area contributed by atoms with E-state index in [-0.39, 0.29) is 12.6 Å². The van der Waals surface area contributed by atoms with Crippen LogP contribution in [0, 0.1) is 11.3 Å². The Hall–Kier alpha value is -1.44. The van der Waals surface area contributed by atoms with Crippen LogP contribution in [-0.2, 0) is 0 Å². The van der Waals surface area contributed by atoms with Gasteiger partial charge < -0.3 is 10.8 Å². The molecule has 0 spiro atoms. The minimum absolute atomic E-state index is 0.0445. The minimum Gasteiger partial charge on any atom is -0.396 e. The van der Waals surface area contributed by atoms with Crippen LogP contribution in [0.4, 0.5) is 0 Å². The lowest BCUT2D eigenvalue weighted by Gasteiger charge is -2.08. The fraction of sp³-hybridized carbons (Fsp3) is 0.333. The largest absolute Gasteiger partial charge is 0.396 e. The van der Waals surface area contributed by atoms with E-state index in [4.69, 9.17) is 16.1 Å². The topological polar surface area (TPSA) is 82.9 Å². The average molecular weight is 177 g/mol. The fourth-order valence-electron chi connectivity index (χ4n) is 0.978. The summed E-state index contributed by atoms with van der Waals surface area (Å²) in [5.41, 5.74) is 6.91. The summed E-state index contributed by atoms with van der Waals surface area (Å²) in [5.74, 6) is 0. The van der Waals surface area contributed by atoms with Crippen molar-refractivity contribution in [1.29, 1.82) is 5.26 Å². The Balaban J connectivity index is 2.75. The molecule has 4 heteroatoms. The Labute approximate surface area is 76.6 Å². The van der Waals surface area contributed by atoms with Crippen LogP contribution in [-0.4, -0.2) is 16.7 Å². The minimum atomic E-state index is -0.252. The first kappa shape index (κ1) is 9.65. The number of nitrogens with two attached hydrogens (primary N) is 1. The molecule has 4 nitrogen and oxygen atoms in total. The van der Waals surface area contributed by atoms with Crippen LogP contribution in [0.5, 0.6) is 0 Å². The van der Waals surface area contributed by atoms with Crippen LogP contribution < -0.4 is 5.73 Å². The molecule has 0 amide bonds. The van der Waals surface area contributed by atoms with Crippen molar-refractivity contribution in [2.24, 2.45) is 5.73 Å². The standard InChI is InChI=1S/C9H11N3O/c10-5-7-1-2-9(12-6-7)8(11)3-4-13/h1-2,6,8,13H,3-4,11H2. The molecule has 0 aliphatic carbocycles. The van der Waals surface area contributed by atoms with Crippen molar-refractivity contribution < 1.29 is 5.11 Å². The van der Waals surface area contributed by atoms with Gasteiger partial charge in [-0.1, -0.05) is 0 Å². The third-order valence-corrected chi connectivity index (χ3v) is 1.74. The van der Waals surface area contributed by atoms with E-state index in [0.29, 0.717) is 17.7 Å². The number of aliphatic hydroxyl groups is 1. The molecular weight excluding hydrogens is 166 g/mol. The summed E-state index contributed by atoms with van der Waals surface area (Å²) in [5, 5.41) is 17.1. The molecule has 0 aliphatic heterocycles. The van der Waals surface area contributed by atoms with E-state index in [1.165, 1.54) is 6.20 Å². The molecular formula is C9H11N3O. The van der Waals surface area contributed by atoms with E-state index >= 15 is 0 Å². The van der Waals surface area contributed by atoms with E-state index in [0.717, 1.165) is 0 Å². The van der Waals surface area contributed by atoms with Crippen LogP contribution in [0.25, 0.3) is 0 Å². The second-order valence-electron chi connectivity index (χ2n) is 2.70. The number of aliphatic hydroxyl groups excluding tert-OH is 1. The molecule has 0 saturated carbocycles. The molecule has 13 heavy (non-hydrogen) atoms. The maximum absolute atomic E-state index is 8.64. The summed E-state index contributed by atoms with van der Waals surface area (Å²) < 4.78 is 0. The summed E-state index contributed by atoms with van der Waals surface area (Å²) in [4.78, 5) is 4.01. The van der Waals surface area contributed by atoms with E-state index < -0.39 is 0 Å². The van der Waals surface area contributed by atoms with Crippen molar-refractivity contribution in [1.82, 2.24) is 4.98 Å². The second-order valence-corrected chi connectivity index (χ2v) is 2.70. The Bertz CT molecular complexity index is 302. The average Bonchev–Trinajstić information content (AvgIpc) is 2.18. The molecule has 0 radical (unpaired) electrons. The van der Waals surface area contributed by atoms with Crippen molar-refractivity contribution in [3.63, 3.8) is 0 Å². The first-order valence-corrected chi connectivity index (χ1v) is 4.00. The normalized spacial score (nSPS) is 12.1. The van der Waals surface area contributed by atoms with Gasteiger partial charge in [-0.3, -0.25) is 4.98 Å². The molecule has 0 bridgehead atoms. The Morgan fingerprint density at radius 3 is 2.85 bits per heavy atom. The van der Waals surface area contributed by atoms with E-state index in [1.807, 2.05) is 6.07 Å². The maximum atomic E-state index is 8.64. The van der Waals surface area contributed by atoms with Gasteiger partial charge in [0, 0.05) is 18.8 Å². The van der Waals surface area contributed by atoms with Gasteiger partial charge in [-0.05, 0) is 18.6 Å². The third-order valence-electron chi connectivity index (χ3n) is 1.74. The van der Waals surface area contributed by atoms with E-state index in [2.05, 4.69) is 4.98 Å². The van der Waals surface area contributed by atoms with Crippen LogP contribution >= 0.6 is 0 Å². The molecule has 1 rings (SSSR count). The zero-order chi connectivity index (χ0) is 9.68. The molecule has 68 valence electrons. The number of aromatic nitrogens is 1. The molecule has 0 aromatic carbocycles. The zero-order valence-corrected chi connectivity index (χ0v) is 7.14. The summed E-state index contributed by atoms with van der Waals surface area (Å²) in [7, 11) is 0. The molecule has 1 heterocycles. The van der Waals surface area contributed by atoms with Crippen molar-refractivity contribution in [2.75, 3.05) is 6.61 Å². The number of rotatable bonds is 3. The summed E-state index contributed by atoms with van der Waals surface area (Å²) in [6, 6.07) is 5.09. The van der Waals surface area contributed by atoms with Gasteiger partial charge >= 0.3 is 0 Å². The highest BCUT2D eigenvalue weighted by Gasteiger charge is 2.05. The number of pyridine rings is 1. The Morgan fingerprint density at radius 2 is 2.38 bits per heavy atom. The molecule has 0 fully saturated rings. The van der Waals surface area contributed by atoms with Gasteiger partial charge in [-0.25, -0.2) is 0 Å². The molecule has 3 N–H and O–H groups in total. The monoisotopic (exact) mass is 177 g/mol. The predicted octanol–water partition coefficient (Wildman–Crippen LogP) is 0.335. The fourth-order valence-corrected chi connectivity index (χ4v) is 0.978. The van der Waals surface area contributed by atoms with E-state index in [9.17, 15) is 0 Å². The number of hydrogen-bond acceptors (Lipinski definition) is 4. The van der Waals surface area contributed by atoms with Gasteiger partial charge in [-0.15, -0.1) is 0 Å². The van der Waals surface area contributed by atoms with Crippen LogP contribution in [0.15, 0.2) is 18.3 Å². The van der Waals surface area contributed by atoms with Gasteiger partial charge in [0.15, 0.2) is 0 Å². The number of nitriles is 1. The highest BCUT2D eigenvalue weighted by molar-refractivity contribution is 5.27. The summed E-state index contributed by atoms with van der Waals surface area (Å²) in [6.45, 7) is 0.0445. The van der Waals surface area contributed by atoms with Crippen LogP contribution in [0.1, 0.15) is 23.7 Å². The van der Waals surface area contributed by atoms with Gasteiger partial charge in [0.1, 0.15) is 6.07 Å². The third kappa shape index (κ3) is 2.51. The lowest BCUT2D eigenvalue weighted by Crippen LogP contribution is -2.13. The highest BCUT2D eigenvalue weighted by Crippen LogP contribution is 2.10. The van der Waals surface area contributed by atoms with Crippen LogP contribution in [0.2, 0.25) is 0 Å². The smallest absolute Gasteiger partial charge is 0.101 e. The van der Waals surface area contributed by atoms with Crippen molar-refractivity contribution in [3.05, 3.63) is 29.6 Å². The van der Waals surface area contributed by atoms with Crippen molar-refractivity contribution in [3.8, 4) is 6.07 Å². The molecule has 1 unspecified atom stereocenters. The van der Waals surface area contributed by atoms with Crippen molar-refractivity contribution in [2.45, 2.75) is 12.5 Å². The van der Waals surface area contributed by atoms with Crippen molar-refractivity contribution >= 4 is 0 Å². The zero-order valence-electron chi connectivity index (χ0n) is 7.14. The molecule has 1 atom stereocenters. The quantitative estimate of drug-likeness (QED) is 0.697. The first-order valence-electron chi connectivity index (χ1n) is 4.00. The molecule has 0 aliphatic rings. The molecule has 1 aromatic rings. The number of nitrogens with zero attached hydrogens (tertiary/aromatic N) is 2. The first-order chi connectivity index (χ1) is 6.27. The Kier molecular flexibility index (Phi) is 3.38. The predicted molar refractivity (Wildman–Crippen MR) is 47.6 cm³/mol. The summed E-state index contributed by atoms with van der Waals surface area (Å²) >= 11 is 0. The highest BCUT2D eigenvalue weighted by atomic mass is 16.3. The van der Waals surface area contributed by atoms with Crippen LogP contribution in [0.3, 0.4) is 0 Å². The molecule has 0 saturated heterocycles. The number of hydrogen-bond donors (Lipinski definition) is 2. The van der Waals surface area contributed by atoms with Gasteiger partial charge in [-0.2, -0.15) is 5.26 Å². The SMILES string of the molecule is N#Cc1ccc(C(N)CCO)nc1. The summed E-state index contributed by atoms with van der Waals surface area (Å²) in [6.07, 6.45) is 1.96. The van der Waals surface area contributed by atoms with E-state index in [1.54, 1.807) is 12.1 Å². The van der Waals surface area contributed by atoms with Gasteiger partial charge in [0.25, 0.3) is 0 Å². The second kappa shape index (κ2) is 4.55. The Morgan fingerprint density at radius 1 is 1.62 bits per heavy atom. The maximum Gasteiger partial charge on any atom is 0.101 e. The molecule has 1 aromatic heterocycles. The van der Waals surface area contributed by atoms with Gasteiger partial charge in [0.05, 0.1) is 11.3 Å².